The predicted octanol–water partition coefficient (Wildman–Crippen LogP) is 4.74. The van der Waals surface area contributed by atoms with Crippen LogP contribution in [0.1, 0.15) is 29.8 Å². The van der Waals surface area contributed by atoms with Crippen LogP contribution >= 0.6 is 11.3 Å². The van der Waals surface area contributed by atoms with Gasteiger partial charge in [-0.3, -0.25) is 4.79 Å². The summed E-state index contributed by atoms with van der Waals surface area (Å²) in [6.07, 6.45) is 0.217. The first-order chi connectivity index (χ1) is 16.1. The van der Waals surface area contributed by atoms with Crippen LogP contribution in [0.2, 0.25) is 0 Å². The molecule has 0 aliphatic carbocycles. The zero-order valence-electron chi connectivity index (χ0n) is 18.7. The van der Waals surface area contributed by atoms with Crippen molar-refractivity contribution in [3.05, 3.63) is 76.6 Å². The Bertz CT molecular complexity index is 1360. The summed E-state index contributed by atoms with van der Waals surface area (Å²) in [7, 11) is 0. The molecular weight excluding hydrogens is 436 g/mol. The van der Waals surface area contributed by atoms with Crippen LogP contribution in [0.3, 0.4) is 0 Å². The van der Waals surface area contributed by atoms with Gasteiger partial charge in [-0.2, -0.15) is 4.99 Å². The van der Waals surface area contributed by atoms with Gasteiger partial charge in [-0.25, -0.2) is 4.79 Å². The summed E-state index contributed by atoms with van der Waals surface area (Å²) in [5.74, 6) is -0.576. The van der Waals surface area contributed by atoms with E-state index in [1.807, 2.05) is 60.0 Å². The topological polar surface area (TPSA) is 69.9 Å². The molecule has 0 bridgehead atoms. The lowest BCUT2D eigenvalue weighted by atomic mass is 10.0. The zero-order chi connectivity index (χ0) is 23.2. The first kappa shape index (κ1) is 22.9. The maximum absolute atomic E-state index is 13.0. The van der Waals surface area contributed by atoms with Gasteiger partial charge in [0.05, 0.1) is 35.4 Å². The van der Waals surface area contributed by atoms with Crippen molar-refractivity contribution in [2.45, 2.75) is 26.8 Å². The molecule has 1 aromatic heterocycles. The van der Waals surface area contributed by atoms with Crippen LogP contribution in [0.15, 0.2) is 65.7 Å². The van der Waals surface area contributed by atoms with Crippen molar-refractivity contribution in [1.82, 2.24) is 4.57 Å². The fourth-order valence-corrected chi connectivity index (χ4v) is 4.88. The normalized spacial score (nSPS) is 11.9. The molecule has 0 atom stereocenters. The molecule has 0 radical (unpaired) electrons. The number of aromatic nitrogens is 1. The van der Waals surface area contributed by atoms with Gasteiger partial charge in [-0.05, 0) is 48.4 Å². The molecule has 0 aliphatic heterocycles. The van der Waals surface area contributed by atoms with Crippen molar-refractivity contribution < 1.29 is 19.1 Å². The average molecular weight is 463 g/mol. The van der Waals surface area contributed by atoms with E-state index in [4.69, 9.17) is 9.47 Å². The van der Waals surface area contributed by atoms with E-state index in [1.165, 1.54) is 11.3 Å². The monoisotopic (exact) mass is 462 g/mol. The van der Waals surface area contributed by atoms with Crippen LogP contribution in [0.4, 0.5) is 0 Å². The summed E-state index contributed by atoms with van der Waals surface area (Å²) in [5.41, 5.74) is 2.34. The molecule has 1 heterocycles. The first-order valence-corrected chi connectivity index (χ1v) is 11.8. The highest BCUT2D eigenvalue weighted by atomic mass is 32.1. The minimum atomic E-state index is -0.362. The molecule has 170 valence electrons. The van der Waals surface area contributed by atoms with Gasteiger partial charge < -0.3 is 14.0 Å². The molecular formula is C26H26N2O4S. The van der Waals surface area contributed by atoms with E-state index in [0.29, 0.717) is 36.7 Å². The number of thiazole rings is 1. The summed E-state index contributed by atoms with van der Waals surface area (Å²) in [6, 6.07) is 19.4. The third-order valence-corrected chi connectivity index (χ3v) is 6.34. The number of benzene rings is 3. The molecule has 0 saturated heterocycles. The SMILES string of the molecule is CCOCCn1c(=NC(=O)Cc2cccc3ccccc23)sc2cc(C(=O)OCC)ccc21. The van der Waals surface area contributed by atoms with Crippen molar-refractivity contribution >= 4 is 44.2 Å². The number of nitrogens with zero attached hydrogens (tertiary/aromatic N) is 2. The van der Waals surface area contributed by atoms with E-state index < -0.39 is 0 Å². The molecule has 6 nitrogen and oxygen atoms in total. The maximum atomic E-state index is 13.0. The third kappa shape index (κ3) is 5.21. The summed E-state index contributed by atoms with van der Waals surface area (Å²) in [5, 5.41) is 2.16. The van der Waals surface area contributed by atoms with Gasteiger partial charge in [-0.15, -0.1) is 0 Å². The molecule has 0 unspecified atom stereocenters. The average Bonchev–Trinajstić information content (AvgIpc) is 3.15. The van der Waals surface area contributed by atoms with Crippen LogP contribution in [-0.2, 0) is 27.2 Å². The number of hydrogen-bond acceptors (Lipinski definition) is 5. The van der Waals surface area contributed by atoms with Gasteiger partial charge >= 0.3 is 5.97 Å². The molecule has 4 rings (SSSR count). The molecule has 0 fully saturated rings. The standard InChI is InChI=1S/C26H26N2O4S/c1-3-31-15-14-28-22-13-12-20(25(30)32-4-2)16-23(22)33-26(28)27-24(29)17-19-10-7-9-18-8-5-6-11-21(18)19/h5-13,16H,3-4,14-15,17H2,1-2H3. The predicted molar refractivity (Wildman–Crippen MR) is 130 cm³/mol. The second-order valence-corrected chi connectivity index (χ2v) is 8.47. The van der Waals surface area contributed by atoms with E-state index in [9.17, 15) is 9.59 Å². The Morgan fingerprint density at radius 2 is 1.82 bits per heavy atom. The number of carbonyl (C=O) groups is 2. The molecule has 0 spiro atoms. The Hall–Kier alpha value is -3.29. The van der Waals surface area contributed by atoms with Gasteiger partial charge in [0.15, 0.2) is 4.80 Å². The molecule has 0 saturated carbocycles. The van der Waals surface area contributed by atoms with Crippen LogP contribution < -0.4 is 4.80 Å². The zero-order valence-corrected chi connectivity index (χ0v) is 19.6. The summed E-state index contributed by atoms with van der Waals surface area (Å²) < 4.78 is 13.5. The molecule has 1 amide bonds. The molecule has 4 aromatic rings. The minimum absolute atomic E-state index is 0.214. The van der Waals surface area contributed by atoms with Crippen molar-refractivity contribution in [3.63, 3.8) is 0 Å². The van der Waals surface area contributed by atoms with E-state index in [2.05, 4.69) is 4.99 Å². The second-order valence-electron chi connectivity index (χ2n) is 7.46. The largest absolute Gasteiger partial charge is 0.462 e. The number of ether oxygens (including phenoxy) is 2. The first-order valence-electron chi connectivity index (χ1n) is 11.0. The highest BCUT2D eigenvalue weighted by Gasteiger charge is 2.13. The molecule has 0 N–H and O–H groups in total. The van der Waals surface area contributed by atoms with Gasteiger partial charge in [-0.1, -0.05) is 53.8 Å². The summed E-state index contributed by atoms with van der Waals surface area (Å²) in [4.78, 5) is 30.2. The van der Waals surface area contributed by atoms with E-state index in [1.54, 1.807) is 19.1 Å². The number of rotatable bonds is 8. The molecule has 0 aliphatic rings. The van der Waals surface area contributed by atoms with Crippen molar-refractivity contribution in [1.29, 1.82) is 0 Å². The molecule has 3 aromatic carbocycles. The quantitative estimate of drug-likeness (QED) is 0.280. The number of carbonyl (C=O) groups excluding carboxylic acids is 2. The van der Waals surface area contributed by atoms with Crippen LogP contribution in [0.25, 0.3) is 21.0 Å². The van der Waals surface area contributed by atoms with Crippen LogP contribution in [0.5, 0.6) is 0 Å². The van der Waals surface area contributed by atoms with Crippen LogP contribution in [-0.4, -0.2) is 36.3 Å². The lowest BCUT2D eigenvalue weighted by Gasteiger charge is -2.07. The Labute approximate surface area is 196 Å². The Morgan fingerprint density at radius 1 is 1.00 bits per heavy atom. The third-order valence-electron chi connectivity index (χ3n) is 5.30. The van der Waals surface area contributed by atoms with Crippen molar-refractivity contribution in [3.8, 4) is 0 Å². The Balaban J connectivity index is 1.71. The Morgan fingerprint density at radius 3 is 2.64 bits per heavy atom. The van der Waals surface area contributed by atoms with Gasteiger partial charge in [0.2, 0.25) is 0 Å². The number of esters is 1. The second kappa shape index (κ2) is 10.6. The minimum Gasteiger partial charge on any atom is -0.462 e. The van der Waals surface area contributed by atoms with Crippen molar-refractivity contribution in [2.75, 3.05) is 19.8 Å². The van der Waals surface area contributed by atoms with E-state index >= 15 is 0 Å². The van der Waals surface area contributed by atoms with E-state index in [-0.39, 0.29) is 18.3 Å². The number of fused-ring (bicyclic) bond motifs is 2. The number of amides is 1. The molecule has 33 heavy (non-hydrogen) atoms. The van der Waals surface area contributed by atoms with Gasteiger partial charge in [0.1, 0.15) is 0 Å². The fraction of sp³-hybridized carbons (Fsp3) is 0.269. The van der Waals surface area contributed by atoms with Crippen molar-refractivity contribution in [2.24, 2.45) is 4.99 Å². The lowest BCUT2D eigenvalue weighted by molar-refractivity contribution is -0.117. The smallest absolute Gasteiger partial charge is 0.338 e. The lowest BCUT2D eigenvalue weighted by Crippen LogP contribution is -2.20. The molecule has 7 heteroatoms. The highest BCUT2D eigenvalue weighted by Crippen LogP contribution is 2.21. The fourth-order valence-electron chi connectivity index (χ4n) is 3.77. The summed E-state index contributed by atoms with van der Waals surface area (Å²) in [6.45, 7) is 5.73. The van der Waals surface area contributed by atoms with Crippen LogP contribution in [0, 0.1) is 0 Å². The number of hydrogen-bond donors (Lipinski definition) is 0. The van der Waals surface area contributed by atoms with Gasteiger partial charge in [0.25, 0.3) is 5.91 Å². The summed E-state index contributed by atoms with van der Waals surface area (Å²) >= 11 is 1.39. The van der Waals surface area contributed by atoms with E-state index in [0.717, 1.165) is 26.6 Å². The maximum Gasteiger partial charge on any atom is 0.338 e. The Kier molecular flexibility index (Phi) is 7.32. The highest BCUT2D eigenvalue weighted by molar-refractivity contribution is 7.16. The van der Waals surface area contributed by atoms with Gasteiger partial charge in [0, 0.05) is 13.2 Å².